The third kappa shape index (κ3) is 7.76. The Balaban J connectivity index is 1.42. The first-order valence-electron chi connectivity index (χ1n) is 12.9. The maximum absolute atomic E-state index is 12.0. The lowest BCUT2D eigenvalue weighted by Crippen LogP contribution is -2.35. The smallest absolute Gasteiger partial charge is 0.494 e. The monoisotopic (exact) mass is 468 g/mol. The van der Waals surface area contributed by atoms with E-state index in [4.69, 9.17) is 14.2 Å². The molecule has 186 valence electrons. The second-order valence-electron chi connectivity index (χ2n) is 9.25. The van der Waals surface area contributed by atoms with Crippen LogP contribution in [-0.2, 0) is 15.1 Å². The van der Waals surface area contributed by atoms with Gasteiger partial charge < -0.3 is 19.3 Å². The summed E-state index contributed by atoms with van der Waals surface area (Å²) in [5.41, 5.74) is 2.23. The molecule has 2 aromatic rings. The van der Waals surface area contributed by atoms with Crippen molar-refractivity contribution in [3.05, 3.63) is 54.1 Å². The minimum Gasteiger partial charge on any atom is -0.494 e. The van der Waals surface area contributed by atoms with Crippen LogP contribution in [0.1, 0.15) is 83.6 Å². The molecule has 3 rings (SSSR count). The number of unbranched alkanes of at least 4 members (excludes halogenated alkanes) is 5. The number of benzene rings is 2. The Kier molecular flexibility index (Phi) is 10.3. The molecule has 0 aliphatic heterocycles. The third-order valence-electron chi connectivity index (χ3n) is 6.66. The molecule has 0 bridgehead atoms. The van der Waals surface area contributed by atoms with E-state index in [1.54, 1.807) is 0 Å². The van der Waals surface area contributed by atoms with E-state index in [1.165, 1.54) is 25.7 Å². The summed E-state index contributed by atoms with van der Waals surface area (Å²) in [5, 5.41) is 11.2. The highest BCUT2D eigenvalue weighted by Crippen LogP contribution is 2.39. The van der Waals surface area contributed by atoms with Crippen molar-refractivity contribution in [2.45, 2.75) is 89.8 Å². The zero-order valence-corrected chi connectivity index (χ0v) is 20.8. The lowest BCUT2D eigenvalue weighted by atomic mass is 9.78. The van der Waals surface area contributed by atoms with E-state index in [9.17, 15) is 9.90 Å². The zero-order chi connectivity index (χ0) is 24.2. The van der Waals surface area contributed by atoms with Gasteiger partial charge >= 0.3 is 6.16 Å². The molecule has 0 heterocycles. The molecule has 0 atom stereocenters. The van der Waals surface area contributed by atoms with E-state index in [1.807, 2.05) is 55.5 Å². The van der Waals surface area contributed by atoms with Crippen molar-refractivity contribution < 1.29 is 24.1 Å². The summed E-state index contributed by atoms with van der Waals surface area (Å²) < 4.78 is 16.2. The van der Waals surface area contributed by atoms with Gasteiger partial charge in [-0.3, -0.25) is 0 Å². The maximum atomic E-state index is 12.0. The predicted octanol–water partition coefficient (Wildman–Crippen LogP) is 7.40. The van der Waals surface area contributed by atoms with Crippen LogP contribution in [0.25, 0.3) is 11.1 Å². The lowest BCUT2D eigenvalue weighted by Gasteiger charge is -2.36. The molecule has 0 saturated heterocycles. The highest BCUT2D eigenvalue weighted by molar-refractivity contribution is 5.64. The van der Waals surface area contributed by atoms with Gasteiger partial charge in [0.2, 0.25) is 0 Å². The summed E-state index contributed by atoms with van der Waals surface area (Å²) in [6.45, 7) is 5.24. The largest absolute Gasteiger partial charge is 0.508 e. The van der Waals surface area contributed by atoms with E-state index in [0.717, 1.165) is 35.3 Å². The average molecular weight is 469 g/mol. The fourth-order valence-electron chi connectivity index (χ4n) is 4.57. The molecular weight excluding hydrogens is 428 g/mol. The van der Waals surface area contributed by atoms with Crippen LogP contribution in [0.4, 0.5) is 4.79 Å². The van der Waals surface area contributed by atoms with Crippen molar-refractivity contribution in [3.63, 3.8) is 0 Å². The molecule has 1 aliphatic carbocycles. The minimum absolute atomic E-state index is 0.194. The summed E-state index contributed by atoms with van der Waals surface area (Å²) in [7, 11) is 0. The molecule has 1 fully saturated rings. The van der Waals surface area contributed by atoms with Crippen molar-refractivity contribution in [3.8, 4) is 16.9 Å². The van der Waals surface area contributed by atoms with Gasteiger partial charge in [0.05, 0.1) is 18.8 Å². The molecule has 5 nitrogen and oxygen atoms in total. The van der Waals surface area contributed by atoms with Crippen molar-refractivity contribution in [1.82, 2.24) is 0 Å². The molecule has 0 spiro atoms. The number of aliphatic hydroxyl groups is 1. The van der Waals surface area contributed by atoms with Gasteiger partial charge in [-0.1, -0.05) is 75.4 Å². The molecule has 1 aliphatic rings. The predicted molar refractivity (Wildman–Crippen MR) is 135 cm³/mol. The number of hydrogen-bond donors (Lipinski definition) is 1. The molecular formula is C29H40O5. The quantitative estimate of drug-likeness (QED) is 0.260. The minimum atomic E-state index is -0.889. The number of rotatable bonds is 12. The summed E-state index contributed by atoms with van der Waals surface area (Å²) in [6.07, 6.45) is 8.51. The van der Waals surface area contributed by atoms with Gasteiger partial charge in [0, 0.05) is 0 Å². The van der Waals surface area contributed by atoms with Crippen LogP contribution in [0.3, 0.4) is 0 Å². The Bertz CT molecular complexity index is 851. The topological polar surface area (TPSA) is 65.0 Å². The maximum Gasteiger partial charge on any atom is 0.508 e. The molecule has 1 N–H and O–H groups in total. The molecule has 0 unspecified atom stereocenters. The van der Waals surface area contributed by atoms with Crippen molar-refractivity contribution in [2.75, 3.05) is 13.2 Å². The summed E-state index contributed by atoms with van der Waals surface area (Å²) in [6, 6.07) is 16.1. The molecule has 2 aromatic carbocycles. The van der Waals surface area contributed by atoms with E-state index >= 15 is 0 Å². The summed E-state index contributed by atoms with van der Waals surface area (Å²) in [5.74, 6) is 0.863. The standard InChI is InChI=1S/C29H40O5/c1-3-5-6-7-8-9-22-33-28(30)34-27-18-20-29(31,21-19-27)25-14-10-23(11-15-25)24-12-16-26(17-13-24)32-4-2/h10-17,27,31H,3-9,18-22H2,1-2H3. The molecule has 1 saturated carbocycles. The van der Waals surface area contributed by atoms with Crippen molar-refractivity contribution >= 4 is 6.16 Å². The van der Waals surface area contributed by atoms with Crippen LogP contribution in [-0.4, -0.2) is 30.6 Å². The van der Waals surface area contributed by atoms with Crippen LogP contribution >= 0.6 is 0 Å². The van der Waals surface area contributed by atoms with E-state index in [-0.39, 0.29) is 6.10 Å². The van der Waals surface area contributed by atoms with Crippen LogP contribution in [0.2, 0.25) is 0 Å². The Morgan fingerprint density at radius 3 is 2.09 bits per heavy atom. The Labute approximate surface area is 204 Å². The van der Waals surface area contributed by atoms with Gasteiger partial charge in [0.15, 0.2) is 0 Å². The average Bonchev–Trinajstić information content (AvgIpc) is 2.86. The normalized spacial score (nSPS) is 20.0. The Morgan fingerprint density at radius 2 is 1.47 bits per heavy atom. The summed E-state index contributed by atoms with van der Waals surface area (Å²) >= 11 is 0. The number of carbonyl (C=O) groups excluding carboxylic acids is 1. The fraction of sp³-hybridized carbons (Fsp3) is 0.552. The third-order valence-corrected chi connectivity index (χ3v) is 6.66. The van der Waals surface area contributed by atoms with Gasteiger partial charge in [-0.2, -0.15) is 0 Å². The first-order valence-corrected chi connectivity index (χ1v) is 12.9. The van der Waals surface area contributed by atoms with Gasteiger partial charge in [-0.05, 0) is 67.9 Å². The van der Waals surface area contributed by atoms with Gasteiger partial charge in [-0.25, -0.2) is 4.79 Å². The first kappa shape index (κ1) is 26.1. The second kappa shape index (κ2) is 13.4. The molecule has 0 amide bonds. The SMILES string of the molecule is CCCCCCCCOC(=O)OC1CCC(O)(c2ccc(-c3ccc(OCC)cc3)cc2)CC1. The van der Waals surface area contributed by atoms with E-state index in [2.05, 4.69) is 6.92 Å². The van der Waals surface area contributed by atoms with Crippen molar-refractivity contribution in [1.29, 1.82) is 0 Å². The van der Waals surface area contributed by atoms with Crippen LogP contribution < -0.4 is 4.74 Å². The van der Waals surface area contributed by atoms with E-state index in [0.29, 0.717) is 38.9 Å². The molecule has 5 heteroatoms. The Hall–Kier alpha value is -2.53. The number of ether oxygens (including phenoxy) is 3. The second-order valence-corrected chi connectivity index (χ2v) is 9.25. The lowest BCUT2D eigenvalue weighted by molar-refractivity contribution is -0.0538. The highest BCUT2D eigenvalue weighted by atomic mass is 16.7. The zero-order valence-electron chi connectivity index (χ0n) is 20.8. The fourth-order valence-corrected chi connectivity index (χ4v) is 4.57. The highest BCUT2D eigenvalue weighted by Gasteiger charge is 2.36. The Morgan fingerprint density at radius 1 is 0.882 bits per heavy atom. The summed E-state index contributed by atoms with van der Waals surface area (Å²) in [4.78, 5) is 12.0. The molecule has 34 heavy (non-hydrogen) atoms. The van der Waals surface area contributed by atoms with Crippen molar-refractivity contribution in [2.24, 2.45) is 0 Å². The molecule has 0 aromatic heterocycles. The number of hydrogen-bond acceptors (Lipinski definition) is 5. The van der Waals surface area contributed by atoms with Crippen LogP contribution in [0.15, 0.2) is 48.5 Å². The van der Waals surface area contributed by atoms with E-state index < -0.39 is 11.8 Å². The first-order chi connectivity index (χ1) is 16.5. The van der Waals surface area contributed by atoms with Gasteiger partial charge in [0.1, 0.15) is 11.9 Å². The molecule has 0 radical (unpaired) electrons. The van der Waals surface area contributed by atoms with Gasteiger partial charge in [0.25, 0.3) is 0 Å². The van der Waals surface area contributed by atoms with Gasteiger partial charge in [-0.15, -0.1) is 0 Å². The number of carbonyl (C=O) groups is 1. The van der Waals surface area contributed by atoms with Crippen LogP contribution in [0, 0.1) is 0 Å². The van der Waals surface area contributed by atoms with Crippen LogP contribution in [0.5, 0.6) is 5.75 Å².